The number of benzene rings is 2. The first-order valence-electron chi connectivity index (χ1n) is 10.7. The van der Waals surface area contributed by atoms with Crippen molar-refractivity contribution in [1.29, 1.82) is 0 Å². The number of carbonyl (C=O) groups excluding carboxylic acids is 1. The molecule has 4 aromatic rings. The summed E-state index contributed by atoms with van der Waals surface area (Å²) in [5.74, 6) is 0.246. The molecule has 0 fully saturated rings. The molecule has 0 bridgehead atoms. The standard InChI is InChI=1S/C24H22FN5O5S/c1-34-19-8-5-16(13-20(19)35-2)23(31)26-11-12-30-14-28-21(15-3-6-17(25)7-4-15)22(30)18-9-10-27-24(29-18)36(32)33/h3-10,13-14,29H,11-12H2,1-2H3,(H,26,31). The molecule has 10 nitrogen and oxygen atoms in total. The van der Waals surface area contributed by atoms with Crippen LogP contribution in [-0.4, -0.2) is 54.6 Å². The molecule has 12 heteroatoms. The van der Waals surface area contributed by atoms with Crippen molar-refractivity contribution in [2.24, 2.45) is 0 Å². The second-order valence-electron chi connectivity index (χ2n) is 7.49. The SMILES string of the molecule is COc1ccc(C(=O)NCCn2cnc(-c3ccc(F)cc3)c2-c2ccnc(=S(=O)=O)[nH]2)cc1OC. The first kappa shape index (κ1) is 24.7. The lowest BCUT2D eigenvalue weighted by molar-refractivity contribution is 0.0952. The predicted octanol–water partition coefficient (Wildman–Crippen LogP) is 2.94. The van der Waals surface area contributed by atoms with Crippen molar-refractivity contribution in [3.8, 4) is 34.1 Å². The Bertz CT molecular complexity index is 1570. The van der Waals surface area contributed by atoms with E-state index in [0.717, 1.165) is 0 Å². The summed E-state index contributed by atoms with van der Waals surface area (Å²) in [5.41, 5.74) is 2.53. The lowest BCUT2D eigenvalue weighted by Gasteiger charge is -2.12. The summed E-state index contributed by atoms with van der Waals surface area (Å²) >= 11 is 0. The first-order valence-corrected chi connectivity index (χ1v) is 11.8. The predicted molar refractivity (Wildman–Crippen MR) is 129 cm³/mol. The van der Waals surface area contributed by atoms with Crippen molar-refractivity contribution >= 4 is 16.2 Å². The summed E-state index contributed by atoms with van der Waals surface area (Å²) in [6, 6.07) is 12.3. The van der Waals surface area contributed by atoms with Crippen molar-refractivity contribution in [1.82, 2.24) is 24.8 Å². The van der Waals surface area contributed by atoms with Gasteiger partial charge in [-0.2, -0.15) is 8.42 Å². The van der Waals surface area contributed by atoms with Gasteiger partial charge in [-0.25, -0.2) is 14.4 Å². The summed E-state index contributed by atoms with van der Waals surface area (Å²) in [5, 5.41) is 2.85. The van der Waals surface area contributed by atoms with Gasteiger partial charge in [-0.05, 0) is 48.5 Å². The Morgan fingerprint density at radius 2 is 1.81 bits per heavy atom. The third-order valence-electron chi connectivity index (χ3n) is 5.33. The van der Waals surface area contributed by atoms with Crippen LogP contribution in [-0.2, 0) is 16.8 Å². The van der Waals surface area contributed by atoms with Crippen molar-refractivity contribution in [2.45, 2.75) is 6.54 Å². The van der Waals surface area contributed by atoms with Crippen LogP contribution >= 0.6 is 0 Å². The largest absolute Gasteiger partial charge is 0.493 e. The summed E-state index contributed by atoms with van der Waals surface area (Å²) < 4.78 is 48.3. The smallest absolute Gasteiger partial charge is 0.258 e. The molecule has 36 heavy (non-hydrogen) atoms. The minimum Gasteiger partial charge on any atom is -0.493 e. The number of hydrogen-bond donors (Lipinski definition) is 2. The van der Waals surface area contributed by atoms with E-state index in [-0.39, 0.29) is 17.2 Å². The Morgan fingerprint density at radius 3 is 2.50 bits per heavy atom. The van der Waals surface area contributed by atoms with Crippen LogP contribution in [0, 0.1) is 10.6 Å². The average molecular weight is 512 g/mol. The van der Waals surface area contributed by atoms with Gasteiger partial charge in [0.2, 0.25) is 0 Å². The van der Waals surface area contributed by atoms with Crippen LogP contribution in [0.1, 0.15) is 10.4 Å². The van der Waals surface area contributed by atoms with E-state index in [1.807, 2.05) is 0 Å². The summed E-state index contributed by atoms with van der Waals surface area (Å²) in [7, 11) is 0.429. The number of imidazole rings is 1. The molecule has 2 heterocycles. The molecule has 0 saturated carbocycles. The van der Waals surface area contributed by atoms with Gasteiger partial charge in [-0.1, -0.05) is 0 Å². The van der Waals surface area contributed by atoms with Gasteiger partial charge in [0.25, 0.3) is 21.0 Å². The van der Waals surface area contributed by atoms with E-state index in [4.69, 9.17) is 9.47 Å². The zero-order valence-electron chi connectivity index (χ0n) is 19.4. The normalized spacial score (nSPS) is 10.6. The number of H-pyrrole nitrogens is 1. The fourth-order valence-electron chi connectivity index (χ4n) is 3.61. The third-order valence-corrected chi connectivity index (χ3v) is 5.85. The second kappa shape index (κ2) is 10.9. The van der Waals surface area contributed by atoms with Crippen LogP contribution in [0.15, 0.2) is 61.1 Å². The first-order chi connectivity index (χ1) is 17.4. The van der Waals surface area contributed by atoms with E-state index >= 15 is 0 Å². The fourth-order valence-corrected chi connectivity index (χ4v) is 3.95. The minimum absolute atomic E-state index is 0.241. The molecule has 0 aliphatic carbocycles. The van der Waals surface area contributed by atoms with Crippen molar-refractivity contribution in [3.63, 3.8) is 0 Å². The Labute approximate surface area is 206 Å². The molecule has 1 amide bonds. The molecular weight excluding hydrogens is 489 g/mol. The Hall–Kier alpha value is -4.45. The molecular formula is C24H22FN5O5S. The molecule has 0 atom stereocenters. The Balaban J connectivity index is 1.62. The van der Waals surface area contributed by atoms with Gasteiger partial charge in [0.1, 0.15) is 5.82 Å². The van der Waals surface area contributed by atoms with Gasteiger partial charge in [-0.15, -0.1) is 0 Å². The van der Waals surface area contributed by atoms with Crippen LogP contribution in [0.5, 0.6) is 11.5 Å². The molecule has 0 unspecified atom stereocenters. The number of carbonyl (C=O) groups is 1. The van der Waals surface area contributed by atoms with Gasteiger partial charge in [-0.3, -0.25) is 4.79 Å². The van der Waals surface area contributed by atoms with Crippen LogP contribution in [0.25, 0.3) is 22.6 Å². The van der Waals surface area contributed by atoms with Crippen LogP contribution < -0.4 is 14.8 Å². The van der Waals surface area contributed by atoms with Crippen LogP contribution in [0.2, 0.25) is 0 Å². The number of halogens is 1. The molecule has 2 aromatic heterocycles. The third kappa shape index (κ3) is 5.28. The monoisotopic (exact) mass is 511 g/mol. The van der Waals surface area contributed by atoms with Gasteiger partial charge in [0.15, 0.2) is 11.5 Å². The van der Waals surface area contributed by atoms with E-state index in [9.17, 15) is 17.6 Å². The quantitative estimate of drug-likeness (QED) is 0.348. The van der Waals surface area contributed by atoms with E-state index in [0.29, 0.717) is 46.3 Å². The molecule has 0 spiro atoms. The molecule has 0 aliphatic rings. The van der Waals surface area contributed by atoms with Crippen molar-refractivity contribution < 1.29 is 27.1 Å². The number of hydrogen-bond acceptors (Lipinski definition) is 7. The maximum absolute atomic E-state index is 13.5. The fraction of sp³-hybridized carbons (Fsp3) is 0.167. The van der Waals surface area contributed by atoms with E-state index in [1.54, 1.807) is 47.3 Å². The average Bonchev–Trinajstić information content (AvgIpc) is 3.32. The zero-order chi connectivity index (χ0) is 25.7. The summed E-state index contributed by atoms with van der Waals surface area (Å²) in [4.78, 5) is 23.8. The van der Waals surface area contributed by atoms with E-state index in [1.165, 1.54) is 32.5 Å². The molecule has 186 valence electrons. The van der Waals surface area contributed by atoms with Crippen LogP contribution in [0.4, 0.5) is 4.39 Å². The Kier molecular flexibility index (Phi) is 7.44. The van der Waals surface area contributed by atoms with Gasteiger partial charge < -0.3 is 24.3 Å². The summed E-state index contributed by atoms with van der Waals surface area (Å²) in [6.07, 6.45) is 2.93. The van der Waals surface area contributed by atoms with E-state index < -0.39 is 16.1 Å². The maximum Gasteiger partial charge on any atom is 0.258 e. The van der Waals surface area contributed by atoms with Crippen molar-refractivity contribution in [2.75, 3.05) is 20.8 Å². The number of nitrogens with one attached hydrogen (secondary N) is 2. The maximum atomic E-state index is 13.5. The number of nitrogens with zero attached hydrogens (tertiary/aromatic N) is 3. The number of aromatic amines is 1. The molecule has 2 N–H and O–H groups in total. The molecule has 2 aromatic carbocycles. The molecule has 4 rings (SSSR count). The lowest BCUT2D eigenvalue weighted by Crippen LogP contribution is -2.27. The highest BCUT2D eigenvalue weighted by atomic mass is 32.2. The van der Waals surface area contributed by atoms with Gasteiger partial charge in [0, 0.05) is 30.4 Å². The number of aromatic nitrogens is 4. The number of methoxy groups -OCH3 is 2. The topological polar surface area (TPSA) is 128 Å². The highest BCUT2D eigenvalue weighted by molar-refractivity contribution is 7.63. The van der Waals surface area contributed by atoms with Gasteiger partial charge in [0.05, 0.1) is 37.6 Å². The minimum atomic E-state index is -2.57. The number of rotatable bonds is 8. The molecule has 0 radical (unpaired) electrons. The number of ether oxygens (including phenoxy) is 2. The molecule has 0 saturated heterocycles. The van der Waals surface area contributed by atoms with Crippen molar-refractivity contribution in [3.05, 3.63) is 77.2 Å². The Morgan fingerprint density at radius 1 is 1.06 bits per heavy atom. The van der Waals surface area contributed by atoms with E-state index in [2.05, 4.69) is 20.3 Å². The summed E-state index contributed by atoms with van der Waals surface area (Å²) in [6.45, 7) is 0.555. The second-order valence-corrected chi connectivity index (χ2v) is 8.35. The lowest BCUT2D eigenvalue weighted by atomic mass is 10.1. The molecule has 0 aliphatic heterocycles. The highest BCUT2D eigenvalue weighted by Crippen LogP contribution is 2.30. The zero-order valence-corrected chi connectivity index (χ0v) is 20.2. The highest BCUT2D eigenvalue weighted by Gasteiger charge is 2.17. The van der Waals surface area contributed by atoms with Gasteiger partial charge >= 0.3 is 0 Å². The number of amides is 1. The van der Waals surface area contributed by atoms with Crippen LogP contribution in [0.3, 0.4) is 0 Å².